The number of ether oxygens (including phenoxy) is 1. The van der Waals surface area contributed by atoms with Crippen LogP contribution in [0.25, 0.3) is 0 Å². The van der Waals surface area contributed by atoms with Crippen molar-refractivity contribution in [2.75, 3.05) is 13.2 Å². The Morgan fingerprint density at radius 1 is 1.38 bits per heavy atom. The molecule has 2 aromatic rings. The third-order valence-corrected chi connectivity index (χ3v) is 4.28. The first-order valence-corrected chi connectivity index (χ1v) is 8.70. The van der Waals surface area contributed by atoms with E-state index < -0.39 is 6.10 Å². The second-order valence-electron chi connectivity index (χ2n) is 6.28. The maximum atomic E-state index is 10.1. The Morgan fingerprint density at radius 2 is 2.21 bits per heavy atom. The lowest BCUT2D eigenvalue weighted by molar-refractivity contribution is 0.0269. The van der Waals surface area contributed by atoms with Gasteiger partial charge in [0.05, 0.1) is 25.9 Å². The molecular weight excluding hydrogens is 304 g/mol. The summed E-state index contributed by atoms with van der Waals surface area (Å²) < 4.78 is 7.58. The van der Waals surface area contributed by atoms with E-state index in [1.165, 1.54) is 0 Å². The Kier molecular flexibility index (Phi) is 5.96. The first-order valence-electron chi connectivity index (χ1n) is 8.70. The van der Waals surface area contributed by atoms with E-state index in [-0.39, 0.29) is 0 Å². The Balaban J connectivity index is 1.36. The van der Waals surface area contributed by atoms with Gasteiger partial charge in [-0.15, -0.1) is 0 Å². The number of fused-ring (bicyclic) bond motifs is 1. The van der Waals surface area contributed by atoms with Gasteiger partial charge >= 0.3 is 0 Å². The molecule has 24 heavy (non-hydrogen) atoms. The molecule has 6 heteroatoms. The molecule has 1 aromatic heterocycles. The molecule has 130 valence electrons. The van der Waals surface area contributed by atoms with Gasteiger partial charge in [-0.05, 0) is 12.0 Å². The molecule has 1 aliphatic heterocycles. The molecule has 0 fully saturated rings. The average molecular weight is 330 g/mol. The molecule has 6 nitrogen and oxygen atoms in total. The van der Waals surface area contributed by atoms with Crippen LogP contribution in [0.4, 0.5) is 0 Å². The molecular formula is C18H26N4O2. The first-order chi connectivity index (χ1) is 11.7. The van der Waals surface area contributed by atoms with Crippen molar-refractivity contribution in [2.45, 2.75) is 51.5 Å². The van der Waals surface area contributed by atoms with Gasteiger partial charge in [-0.3, -0.25) is 0 Å². The number of aliphatic hydroxyl groups is 1. The number of nitrogens with zero attached hydrogens (tertiary/aromatic N) is 3. The molecule has 1 aliphatic rings. The Bertz CT molecular complexity index is 629. The number of nitrogens with one attached hydrogen (secondary N) is 1. The molecule has 2 atom stereocenters. The second kappa shape index (κ2) is 8.37. The SMILES string of the molecule is CCc1nc2n(n1)CC(NCC(O)COCc1ccccc1)CC2. The van der Waals surface area contributed by atoms with Crippen LogP contribution in [0.3, 0.4) is 0 Å². The predicted molar refractivity (Wildman–Crippen MR) is 91.6 cm³/mol. The summed E-state index contributed by atoms with van der Waals surface area (Å²) in [5.41, 5.74) is 1.12. The lowest BCUT2D eigenvalue weighted by Gasteiger charge is -2.24. The normalized spacial score (nSPS) is 18.3. The topological polar surface area (TPSA) is 72.2 Å². The molecule has 0 aliphatic carbocycles. The quantitative estimate of drug-likeness (QED) is 0.764. The monoisotopic (exact) mass is 330 g/mol. The number of aromatic nitrogens is 3. The zero-order valence-electron chi connectivity index (χ0n) is 14.2. The third-order valence-electron chi connectivity index (χ3n) is 4.28. The number of aliphatic hydroxyl groups excluding tert-OH is 1. The fourth-order valence-corrected chi connectivity index (χ4v) is 2.93. The van der Waals surface area contributed by atoms with Gasteiger partial charge < -0.3 is 15.2 Å². The number of hydrogen-bond acceptors (Lipinski definition) is 5. The van der Waals surface area contributed by atoms with Gasteiger partial charge in [0.1, 0.15) is 5.82 Å². The van der Waals surface area contributed by atoms with Crippen LogP contribution in [0, 0.1) is 0 Å². The Hall–Kier alpha value is -1.76. The van der Waals surface area contributed by atoms with Crippen molar-refractivity contribution in [3.63, 3.8) is 0 Å². The van der Waals surface area contributed by atoms with Crippen LogP contribution in [0.15, 0.2) is 30.3 Å². The summed E-state index contributed by atoms with van der Waals surface area (Å²) in [4.78, 5) is 4.52. The van der Waals surface area contributed by atoms with Crippen LogP contribution < -0.4 is 5.32 Å². The van der Waals surface area contributed by atoms with Crippen LogP contribution in [-0.4, -0.2) is 45.2 Å². The van der Waals surface area contributed by atoms with Crippen molar-refractivity contribution in [1.29, 1.82) is 0 Å². The van der Waals surface area contributed by atoms with E-state index in [0.29, 0.717) is 25.8 Å². The summed E-state index contributed by atoms with van der Waals surface area (Å²) in [6.45, 7) is 4.29. The van der Waals surface area contributed by atoms with E-state index in [1.807, 2.05) is 35.0 Å². The first kappa shape index (κ1) is 17.1. The van der Waals surface area contributed by atoms with E-state index >= 15 is 0 Å². The maximum Gasteiger partial charge on any atom is 0.150 e. The van der Waals surface area contributed by atoms with Crippen molar-refractivity contribution in [2.24, 2.45) is 0 Å². The fraction of sp³-hybridized carbons (Fsp3) is 0.556. The summed E-state index contributed by atoms with van der Waals surface area (Å²) in [6, 6.07) is 10.3. The highest BCUT2D eigenvalue weighted by atomic mass is 16.5. The van der Waals surface area contributed by atoms with Gasteiger partial charge in [-0.1, -0.05) is 37.3 Å². The van der Waals surface area contributed by atoms with Crippen molar-refractivity contribution < 1.29 is 9.84 Å². The largest absolute Gasteiger partial charge is 0.389 e. The highest BCUT2D eigenvalue weighted by Crippen LogP contribution is 2.13. The molecule has 3 rings (SSSR count). The van der Waals surface area contributed by atoms with E-state index in [0.717, 1.165) is 43.0 Å². The highest BCUT2D eigenvalue weighted by Gasteiger charge is 2.21. The van der Waals surface area contributed by atoms with Crippen LogP contribution in [0.2, 0.25) is 0 Å². The van der Waals surface area contributed by atoms with E-state index in [9.17, 15) is 5.11 Å². The highest BCUT2D eigenvalue weighted by molar-refractivity contribution is 5.13. The summed E-state index contributed by atoms with van der Waals surface area (Å²) in [5, 5.41) is 18.0. The molecule has 2 heterocycles. The zero-order valence-corrected chi connectivity index (χ0v) is 14.2. The standard InChI is InChI=1S/C18H26N4O2/c1-2-17-20-18-9-8-15(11-22(18)21-17)19-10-16(23)13-24-12-14-6-4-3-5-7-14/h3-7,15-16,19,23H,2,8-13H2,1H3. The number of aryl methyl sites for hydroxylation is 2. The lowest BCUT2D eigenvalue weighted by atomic mass is 10.1. The van der Waals surface area contributed by atoms with Gasteiger partial charge in [-0.25, -0.2) is 9.67 Å². The molecule has 2 unspecified atom stereocenters. The van der Waals surface area contributed by atoms with Crippen molar-refractivity contribution >= 4 is 0 Å². The summed E-state index contributed by atoms with van der Waals surface area (Å²) in [5.74, 6) is 2.00. The van der Waals surface area contributed by atoms with Crippen molar-refractivity contribution in [3.8, 4) is 0 Å². The fourth-order valence-electron chi connectivity index (χ4n) is 2.93. The van der Waals surface area contributed by atoms with E-state index in [2.05, 4.69) is 22.3 Å². The average Bonchev–Trinajstić information content (AvgIpc) is 3.03. The van der Waals surface area contributed by atoms with Gasteiger partial charge in [0.25, 0.3) is 0 Å². The molecule has 0 amide bonds. The van der Waals surface area contributed by atoms with Crippen LogP contribution in [0.5, 0.6) is 0 Å². The summed E-state index contributed by atoms with van der Waals surface area (Å²) in [7, 11) is 0. The summed E-state index contributed by atoms with van der Waals surface area (Å²) in [6.07, 6.45) is 2.33. The molecule has 2 N–H and O–H groups in total. The minimum atomic E-state index is -0.503. The third kappa shape index (κ3) is 4.63. The van der Waals surface area contributed by atoms with Crippen molar-refractivity contribution in [1.82, 2.24) is 20.1 Å². The van der Waals surface area contributed by atoms with Crippen LogP contribution >= 0.6 is 0 Å². The molecule has 1 aromatic carbocycles. The predicted octanol–water partition coefficient (Wildman–Crippen LogP) is 1.32. The molecule has 0 bridgehead atoms. The van der Waals surface area contributed by atoms with Crippen LogP contribution in [0.1, 0.15) is 30.6 Å². The zero-order chi connectivity index (χ0) is 16.8. The Morgan fingerprint density at radius 3 is 3.00 bits per heavy atom. The minimum absolute atomic E-state index is 0.327. The van der Waals surface area contributed by atoms with Gasteiger partial charge in [-0.2, -0.15) is 5.10 Å². The van der Waals surface area contributed by atoms with Crippen molar-refractivity contribution in [3.05, 3.63) is 47.5 Å². The van der Waals surface area contributed by atoms with Gasteiger partial charge in [0, 0.05) is 25.4 Å². The number of hydrogen-bond donors (Lipinski definition) is 2. The van der Waals surface area contributed by atoms with E-state index in [1.54, 1.807) is 0 Å². The minimum Gasteiger partial charge on any atom is -0.389 e. The Labute approximate surface area is 142 Å². The molecule has 0 saturated heterocycles. The number of benzene rings is 1. The van der Waals surface area contributed by atoms with Gasteiger partial charge in [0.2, 0.25) is 0 Å². The summed E-state index contributed by atoms with van der Waals surface area (Å²) >= 11 is 0. The lowest BCUT2D eigenvalue weighted by Crippen LogP contribution is -2.42. The molecule has 0 saturated carbocycles. The van der Waals surface area contributed by atoms with Crippen LogP contribution in [-0.2, 0) is 30.7 Å². The maximum absolute atomic E-state index is 10.1. The molecule has 0 spiro atoms. The molecule has 0 radical (unpaired) electrons. The van der Waals surface area contributed by atoms with E-state index in [4.69, 9.17) is 4.74 Å². The smallest absolute Gasteiger partial charge is 0.150 e. The van der Waals surface area contributed by atoms with Gasteiger partial charge in [0.15, 0.2) is 5.82 Å². The number of rotatable bonds is 8. The second-order valence-corrected chi connectivity index (χ2v) is 6.28.